The summed E-state index contributed by atoms with van der Waals surface area (Å²) in [5.74, 6) is -0.396. The zero-order chi connectivity index (χ0) is 14.5. The van der Waals surface area contributed by atoms with Gasteiger partial charge in [-0.15, -0.1) is 5.10 Å². The Kier molecular flexibility index (Phi) is 4.41. The Balaban J connectivity index is 2.29. The Morgan fingerprint density at radius 1 is 1.45 bits per heavy atom. The molecule has 0 aliphatic rings. The summed E-state index contributed by atoms with van der Waals surface area (Å²) in [4.78, 5) is 15.3. The van der Waals surface area contributed by atoms with Crippen molar-refractivity contribution < 1.29 is 14.6 Å². The second kappa shape index (κ2) is 6.24. The predicted octanol–water partition coefficient (Wildman–Crippen LogP) is -0.175. The molecule has 20 heavy (non-hydrogen) atoms. The number of methoxy groups -OCH3 is 1. The molecule has 0 aliphatic carbocycles. The van der Waals surface area contributed by atoms with E-state index in [2.05, 4.69) is 20.4 Å². The summed E-state index contributed by atoms with van der Waals surface area (Å²) in [7, 11) is 1.56. The molecule has 0 spiro atoms. The van der Waals surface area contributed by atoms with Crippen LogP contribution in [0.5, 0.6) is 0 Å². The number of aryl methyl sites for hydroxylation is 1. The van der Waals surface area contributed by atoms with Crippen molar-refractivity contribution in [1.29, 1.82) is 0 Å². The van der Waals surface area contributed by atoms with E-state index in [9.17, 15) is 4.79 Å². The summed E-state index contributed by atoms with van der Waals surface area (Å²) in [5.41, 5.74) is 0.467. The third-order valence-electron chi connectivity index (χ3n) is 2.87. The lowest BCUT2D eigenvalue weighted by atomic mass is 10.2. The van der Waals surface area contributed by atoms with Gasteiger partial charge in [0.2, 0.25) is 0 Å². The topological polar surface area (TPSA) is 108 Å². The second-order valence-electron chi connectivity index (χ2n) is 4.08. The highest BCUT2D eigenvalue weighted by atomic mass is 16.5. The first-order valence-corrected chi connectivity index (χ1v) is 6.18. The molecule has 0 radical (unpaired) electrons. The minimum atomic E-state index is -1.10. The summed E-state index contributed by atoms with van der Waals surface area (Å²) < 4.78 is 8.24. The molecule has 0 bridgehead atoms. The number of hydrogen-bond donors (Lipinski definition) is 1. The van der Waals surface area contributed by atoms with Crippen molar-refractivity contribution >= 4 is 5.97 Å². The molecule has 9 heteroatoms. The van der Waals surface area contributed by atoms with Gasteiger partial charge in [0.05, 0.1) is 12.3 Å². The van der Waals surface area contributed by atoms with Gasteiger partial charge in [-0.1, -0.05) is 5.21 Å². The van der Waals surface area contributed by atoms with Crippen LogP contribution in [0.4, 0.5) is 0 Å². The highest BCUT2D eigenvalue weighted by molar-refractivity contribution is 5.86. The smallest absolute Gasteiger partial charge is 0.358 e. The number of aromatic carboxylic acids is 1. The molecule has 0 atom stereocenters. The Bertz CT molecular complexity index is 591. The fraction of sp³-hybridized carbons (Fsp3) is 0.545. The zero-order valence-corrected chi connectivity index (χ0v) is 11.4. The molecule has 9 nitrogen and oxygen atoms in total. The van der Waals surface area contributed by atoms with Gasteiger partial charge in [-0.3, -0.25) is 0 Å². The van der Waals surface area contributed by atoms with Crippen molar-refractivity contribution in [2.45, 2.75) is 26.4 Å². The van der Waals surface area contributed by atoms with Crippen molar-refractivity contribution in [3.63, 3.8) is 0 Å². The van der Waals surface area contributed by atoms with Gasteiger partial charge in [0, 0.05) is 20.1 Å². The normalized spacial score (nSPS) is 10.9. The molecular weight excluding hydrogens is 264 g/mol. The molecule has 2 rings (SSSR count). The van der Waals surface area contributed by atoms with E-state index in [-0.39, 0.29) is 5.69 Å². The van der Waals surface area contributed by atoms with E-state index in [1.54, 1.807) is 11.8 Å². The van der Waals surface area contributed by atoms with Crippen LogP contribution in [0.3, 0.4) is 0 Å². The van der Waals surface area contributed by atoms with Crippen LogP contribution in [0.25, 0.3) is 0 Å². The van der Waals surface area contributed by atoms with E-state index in [4.69, 9.17) is 9.84 Å². The number of hydrogen-bond acceptors (Lipinski definition) is 6. The molecule has 0 aromatic carbocycles. The fourth-order valence-electron chi connectivity index (χ4n) is 1.88. The number of carbonyl (C=O) groups is 1. The van der Waals surface area contributed by atoms with Gasteiger partial charge in [-0.2, -0.15) is 5.10 Å². The third kappa shape index (κ3) is 2.82. The van der Waals surface area contributed by atoms with E-state index in [1.165, 1.54) is 11.0 Å². The maximum atomic E-state index is 11.1. The maximum absolute atomic E-state index is 11.1. The molecule has 108 valence electrons. The van der Waals surface area contributed by atoms with Crippen LogP contribution >= 0.6 is 0 Å². The molecule has 0 amide bonds. The Morgan fingerprint density at radius 2 is 2.25 bits per heavy atom. The predicted molar refractivity (Wildman–Crippen MR) is 67.4 cm³/mol. The van der Waals surface area contributed by atoms with Crippen LogP contribution in [0, 0.1) is 0 Å². The van der Waals surface area contributed by atoms with Crippen LogP contribution in [0.1, 0.15) is 28.9 Å². The summed E-state index contributed by atoms with van der Waals surface area (Å²) in [6.07, 6.45) is 1.88. The lowest BCUT2D eigenvalue weighted by Gasteiger charge is -2.07. The van der Waals surface area contributed by atoms with Crippen molar-refractivity contribution in [2.24, 2.45) is 0 Å². The minimum absolute atomic E-state index is 0.0513. The average Bonchev–Trinajstić information content (AvgIpc) is 3.03. The van der Waals surface area contributed by atoms with Crippen LogP contribution in [-0.2, 0) is 24.2 Å². The van der Waals surface area contributed by atoms with Gasteiger partial charge < -0.3 is 9.84 Å². The fourth-order valence-corrected chi connectivity index (χ4v) is 1.88. The van der Waals surface area contributed by atoms with E-state index < -0.39 is 5.97 Å². The van der Waals surface area contributed by atoms with Crippen molar-refractivity contribution in [3.05, 3.63) is 23.5 Å². The molecule has 0 saturated carbocycles. The van der Waals surface area contributed by atoms with Crippen LogP contribution in [0.15, 0.2) is 6.33 Å². The van der Waals surface area contributed by atoms with Gasteiger partial charge in [-0.25, -0.2) is 19.1 Å². The summed E-state index contributed by atoms with van der Waals surface area (Å²) in [6.45, 7) is 3.36. The molecule has 0 saturated heterocycles. The first kappa shape index (κ1) is 14.1. The van der Waals surface area contributed by atoms with Crippen LogP contribution in [-0.4, -0.2) is 54.6 Å². The lowest BCUT2D eigenvalue weighted by molar-refractivity contribution is 0.0688. The quantitative estimate of drug-likeness (QED) is 0.749. The standard InChI is InChI=1S/C11H16N6O3/c1-3-16-9(12-7-13-16)6-17-8(4-5-20-2)10(11(18)19)14-15-17/h7H,3-6H2,1-2H3,(H,18,19). The molecule has 0 aliphatic heterocycles. The Labute approximate surface area is 115 Å². The van der Waals surface area contributed by atoms with E-state index in [0.29, 0.717) is 37.6 Å². The van der Waals surface area contributed by atoms with E-state index in [0.717, 1.165) is 0 Å². The second-order valence-corrected chi connectivity index (χ2v) is 4.08. The third-order valence-corrected chi connectivity index (χ3v) is 2.87. The Hall–Kier alpha value is -2.29. The largest absolute Gasteiger partial charge is 0.476 e. The molecule has 2 heterocycles. The number of ether oxygens (including phenoxy) is 1. The van der Waals surface area contributed by atoms with Gasteiger partial charge in [0.1, 0.15) is 18.7 Å². The van der Waals surface area contributed by atoms with Crippen molar-refractivity contribution in [2.75, 3.05) is 13.7 Å². The number of carboxylic acid groups (broad SMARTS) is 1. The molecular formula is C11H16N6O3. The number of carboxylic acids is 1. The molecule has 0 unspecified atom stereocenters. The molecule has 2 aromatic heterocycles. The number of rotatable bonds is 7. The van der Waals surface area contributed by atoms with Crippen molar-refractivity contribution in [1.82, 2.24) is 29.8 Å². The van der Waals surface area contributed by atoms with Gasteiger partial charge in [-0.05, 0) is 6.92 Å². The first-order chi connectivity index (χ1) is 9.67. The average molecular weight is 280 g/mol. The van der Waals surface area contributed by atoms with Crippen LogP contribution in [0.2, 0.25) is 0 Å². The molecule has 1 N–H and O–H groups in total. The Morgan fingerprint density at radius 3 is 2.90 bits per heavy atom. The van der Waals surface area contributed by atoms with Gasteiger partial charge in [0.15, 0.2) is 5.69 Å². The number of nitrogens with zero attached hydrogens (tertiary/aromatic N) is 6. The summed E-state index contributed by atoms with van der Waals surface area (Å²) >= 11 is 0. The first-order valence-electron chi connectivity index (χ1n) is 6.18. The lowest BCUT2D eigenvalue weighted by Crippen LogP contribution is -2.15. The number of aromatic nitrogens is 6. The highest BCUT2D eigenvalue weighted by Gasteiger charge is 2.19. The molecule has 0 fully saturated rings. The summed E-state index contributed by atoms with van der Waals surface area (Å²) in [6, 6.07) is 0. The van der Waals surface area contributed by atoms with Crippen molar-refractivity contribution in [3.8, 4) is 0 Å². The van der Waals surface area contributed by atoms with Crippen LogP contribution < -0.4 is 0 Å². The van der Waals surface area contributed by atoms with Gasteiger partial charge >= 0.3 is 5.97 Å². The highest BCUT2D eigenvalue weighted by Crippen LogP contribution is 2.09. The SMILES string of the molecule is CCn1ncnc1Cn1nnc(C(=O)O)c1CCOC. The minimum Gasteiger partial charge on any atom is -0.476 e. The monoisotopic (exact) mass is 280 g/mol. The van der Waals surface area contributed by atoms with Gasteiger partial charge in [0.25, 0.3) is 0 Å². The van der Waals surface area contributed by atoms with E-state index in [1.807, 2.05) is 6.92 Å². The molecule has 2 aromatic rings. The maximum Gasteiger partial charge on any atom is 0.358 e. The summed E-state index contributed by atoms with van der Waals surface area (Å²) in [5, 5.41) is 20.8. The van der Waals surface area contributed by atoms with E-state index >= 15 is 0 Å². The zero-order valence-electron chi connectivity index (χ0n) is 11.4.